The van der Waals surface area contributed by atoms with Gasteiger partial charge in [0.05, 0.1) is 18.7 Å². The first-order valence-corrected chi connectivity index (χ1v) is 8.38. The van der Waals surface area contributed by atoms with Gasteiger partial charge in [-0.15, -0.1) is 11.3 Å². The van der Waals surface area contributed by atoms with Crippen LogP contribution in [-0.2, 0) is 27.3 Å². The van der Waals surface area contributed by atoms with Crippen molar-refractivity contribution in [3.63, 3.8) is 0 Å². The van der Waals surface area contributed by atoms with Crippen molar-refractivity contribution in [3.05, 3.63) is 39.8 Å². The van der Waals surface area contributed by atoms with Gasteiger partial charge in [0.1, 0.15) is 0 Å². The van der Waals surface area contributed by atoms with Crippen LogP contribution in [0.4, 0.5) is 0 Å². The Kier molecular flexibility index (Phi) is 6.34. The molecule has 6 nitrogen and oxygen atoms in total. The number of aromatic nitrogens is 2. The molecule has 1 N–H and O–H groups in total. The number of amides is 1. The van der Waals surface area contributed by atoms with Crippen LogP contribution in [0.5, 0.6) is 0 Å². The van der Waals surface area contributed by atoms with E-state index in [1.165, 1.54) is 4.88 Å². The largest absolute Gasteiger partial charge is 0.456 e. The Labute approximate surface area is 139 Å². The molecule has 1 amide bonds. The van der Waals surface area contributed by atoms with Crippen molar-refractivity contribution in [2.75, 3.05) is 13.2 Å². The normalized spacial score (nSPS) is 10.5. The number of thiophene rings is 1. The predicted molar refractivity (Wildman–Crippen MR) is 88.3 cm³/mol. The molecule has 7 heteroatoms. The second-order valence-corrected chi connectivity index (χ2v) is 6.27. The molecule has 0 aliphatic rings. The lowest BCUT2D eigenvalue weighted by Crippen LogP contribution is -2.30. The summed E-state index contributed by atoms with van der Waals surface area (Å²) in [4.78, 5) is 24.5. The summed E-state index contributed by atoms with van der Waals surface area (Å²) in [6, 6.07) is 5.95. The molecule has 0 saturated heterocycles. The number of nitrogens with zero attached hydrogens (tertiary/aromatic N) is 2. The van der Waals surface area contributed by atoms with Crippen molar-refractivity contribution in [3.8, 4) is 0 Å². The number of aryl methyl sites for hydroxylation is 3. The molecule has 0 aliphatic heterocycles. The van der Waals surface area contributed by atoms with Gasteiger partial charge in [0.15, 0.2) is 6.61 Å². The van der Waals surface area contributed by atoms with E-state index in [-0.39, 0.29) is 18.9 Å². The maximum atomic E-state index is 11.7. The third-order valence-electron chi connectivity index (χ3n) is 3.27. The fourth-order valence-electron chi connectivity index (χ4n) is 2.15. The first-order chi connectivity index (χ1) is 11.0. The summed E-state index contributed by atoms with van der Waals surface area (Å²) < 4.78 is 6.73. The van der Waals surface area contributed by atoms with Crippen molar-refractivity contribution in [2.24, 2.45) is 0 Å². The summed E-state index contributed by atoms with van der Waals surface area (Å²) in [7, 11) is 0. The third kappa shape index (κ3) is 5.86. The van der Waals surface area contributed by atoms with E-state index in [9.17, 15) is 9.59 Å². The zero-order valence-electron chi connectivity index (χ0n) is 13.4. The Balaban J connectivity index is 1.60. The fraction of sp³-hybridized carbons (Fsp3) is 0.438. The van der Waals surface area contributed by atoms with E-state index in [0.717, 1.165) is 17.8 Å². The molecule has 0 aromatic carbocycles. The van der Waals surface area contributed by atoms with Crippen LogP contribution >= 0.6 is 11.3 Å². The average Bonchev–Trinajstić information content (AvgIpc) is 3.12. The van der Waals surface area contributed by atoms with Gasteiger partial charge in [0.2, 0.25) is 0 Å². The van der Waals surface area contributed by atoms with E-state index in [0.29, 0.717) is 13.1 Å². The first-order valence-electron chi connectivity index (χ1n) is 7.50. The molecule has 0 bridgehead atoms. The Morgan fingerprint density at radius 2 is 2.22 bits per heavy atom. The van der Waals surface area contributed by atoms with E-state index in [4.69, 9.17) is 4.74 Å². The topological polar surface area (TPSA) is 73.2 Å². The SMILES string of the molecule is Cc1cc(C)n(CCC(=O)OCC(=O)NCCc2cccs2)n1. The second kappa shape index (κ2) is 8.47. The maximum absolute atomic E-state index is 11.7. The minimum absolute atomic E-state index is 0.199. The molecule has 0 atom stereocenters. The molecule has 2 rings (SSSR count). The highest BCUT2D eigenvalue weighted by Crippen LogP contribution is 2.08. The lowest BCUT2D eigenvalue weighted by molar-refractivity contribution is -0.148. The number of esters is 1. The van der Waals surface area contributed by atoms with Crippen molar-refractivity contribution >= 4 is 23.2 Å². The van der Waals surface area contributed by atoms with Gasteiger partial charge in [-0.1, -0.05) is 6.07 Å². The molecule has 0 aliphatic carbocycles. The minimum atomic E-state index is -0.397. The highest BCUT2D eigenvalue weighted by molar-refractivity contribution is 7.09. The number of hydrogen-bond donors (Lipinski definition) is 1. The van der Waals surface area contributed by atoms with Gasteiger partial charge in [-0.25, -0.2) is 0 Å². The Hall–Kier alpha value is -2.15. The van der Waals surface area contributed by atoms with E-state index >= 15 is 0 Å². The zero-order valence-corrected chi connectivity index (χ0v) is 14.2. The van der Waals surface area contributed by atoms with E-state index < -0.39 is 5.97 Å². The summed E-state index contributed by atoms with van der Waals surface area (Å²) in [5.41, 5.74) is 1.92. The van der Waals surface area contributed by atoms with Gasteiger partial charge in [-0.3, -0.25) is 14.3 Å². The van der Waals surface area contributed by atoms with Gasteiger partial charge in [0, 0.05) is 17.1 Å². The number of rotatable bonds is 8. The molecule has 0 unspecified atom stereocenters. The molecule has 2 aromatic heterocycles. The van der Waals surface area contributed by atoms with E-state index in [1.54, 1.807) is 16.0 Å². The van der Waals surface area contributed by atoms with Crippen molar-refractivity contribution in [1.29, 1.82) is 0 Å². The lowest BCUT2D eigenvalue weighted by Gasteiger charge is -2.07. The number of hydrogen-bond acceptors (Lipinski definition) is 5. The van der Waals surface area contributed by atoms with Crippen LogP contribution in [0.3, 0.4) is 0 Å². The minimum Gasteiger partial charge on any atom is -0.456 e. The predicted octanol–water partition coefficient (Wildman–Crippen LogP) is 1.85. The number of nitrogens with one attached hydrogen (secondary N) is 1. The molecule has 0 saturated carbocycles. The molecule has 124 valence electrons. The summed E-state index contributed by atoms with van der Waals surface area (Å²) in [5, 5.41) is 9.01. The lowest BCUT2D eigenvalue weighted by atomic mass is 10.3. The number of carbonyl (C=O) groups is 2. The summed E-state index contributed by atoms with van der Waals surface area (Å²) in [6.45, 7) is 4.61. The zero-order chi connectivity index (χ0) is 16.7. The van der Waals surface area contributed by atoms with Gasteiger partial charge < -0.3 is 10.1 Å². The fourth-order valence-corrected chi connectivity index (χ4v) is 2.86. The highest BCUT2D eigenvalue weighted by Gasteiger charge is 2.09. The van der Waals surface area contributed by atoms with Gasteiger partial charge in [-0.2, -0.15) is 5.10 Å². The molecule has 2 aromatic rings. The number of carbonyl (C=O) groups excluding carboxylic acids is 2. The Morgan fingerprint density at radius 3 is 2.87 bits per heavy atom. The molecule has 23 heavy (non-hydrogen) atoms. The van der Waals surface area contributed by atoms with Crippen LogP contribution in [0.25, 0.3) is 0 Å². The molecular formula is C16H21N3O3S. The van der Waals surface area contributed by atoms with Crippen LogP contribution < -0.4 is 5.32 Å². The van der Waals surface area contributed by atoms with Crippen LogP contribution in [0, 0.1) is 13.8 Å². The molecule has 0 fully saturated rings. The highest BCUT2D eigenvalue weighted by atomic mass is 32.1. The van der Waals surface area contributed by atoms with Crippen LogP contribution in [0.1, 0.15) is 22.7 Å². The van der Waals surface area contributed by atoms with E-state index in [2.05, 4.69) is 10.4 Å². The van der Waals surface area contributed by atoms with E-state index in [1.807, 2.05) is 37.4 Å². The first kappa shape index (κ1) is 17.2. The molecular weight excluding hydrogens is 314 g/mol. The second-order valence-electron chi connectivity index (χ2n) is 5.24. The smallest absolute Gasteiger partial charge is 0.308 e. The van der Waals surface area contributed by atoms with Crippen LogP contribution in [0.2, 0.25) is 0 Å². The van der Waals surface area contributed by atoms with Crippen LogP contribution in [-0.4, -0.2) is 34.8 Å². The van der Waals surface area contributed by atoms with Gasteiger partial charge in [0.25, 0.3) is 5.91 Å². The van der Waals surface area contributed by atoms with Gasteiger partial charge in [-0.05, 0) is 37.8 Å². The number of ether oxygens (including phenoxy) is 1. The Morgan fingerprint density at radius 1 is 1.39 bits per heavy atom. The molecule has 2 heterocycles. The summed E-state index contributed by atoms with van der Waals surface area (Å²) >= 11 is 1.66. The van der Waals surface area contributed by atoms with Crippen molar-refractivity contribution < 1.29 is 14.3 Å². The summed E-state index contributed by atoms with van der Waals surface area (Å²) in [5.74, 6) is -0.674. The van der Waals surface area contributed by atoms with Crippen LogP contribution in [0.15, 0.2) is 23.6 Å². The quantitative estimate of drug-likeness (QED) is 0.747. The van der Waals surface area contributed by atoms with Gasteiger partial charge >= 0.3 is 5.97 Å². The standard InChI is InChI=1S/C16H21N3O3S/c1-12-10-13(2)19(18-12)8-6-16(21)22-11-15(20)17-7-5-14-4-3-9-23-14/h3-4,9-10H,5-8,11H2,1-2H3,(H,17,20). The monoisotopic (exact) mass is 335 g/mol. The van der Waals surface area contributed by atoms with Crippen molar-refractivity contribution in [2.45, 2.75) is 33.2 Å². The molecule has 0 spiro atoms. The third-order valence-corrected chi connectivity index (χ3v) is 4.21. The average molecular weight is 335 g/mol. The summed E-state index contributed by atoms with van der Waals surface area (Å²) in [6.07, 6.45) is 0.986. The van der Waals surface area contributed by atoms with Crippen molar-refractivity contribution in [1.82, 2.24) is 15.1 Å². The molecule has 0 radical (unpaired) electrons. The maximum Gasteiger partial charge on any atom is 0.308 e. The Bertz CT molecular complexity index is 650.